The molecule has 0 bridgehead atoms. The summed E-state index contributed by atoms with van der Waals surface area (Å²) in [7, 11) is -4.64. The summed E-state index contributed by atoms with van der Waals surface area (Å²) in [6.45, 7) is 12.2. The van der Waals surface area contributed by atoms with E-state index in [0.29, 0.717) is 0 Å². The van der Waals surface area contributed by atoms with Gasteiger partial charge < -0.3 is 28.5 Å². The first-order valence-electron chi connectivity index (χ1n) is 12.2. The van der Waals surface area contributed by atoms with E-state index < -0.39 is 7.82 Å². The van der Waals surface area contributed by atoms with Crippen molar-refractivity contribution in [3.63, 3.8) is 0 Å². The molecule has 0 aromatic rings. The Hall–Kier alpha value is 0.733. The number of hydrogen-bond donors (Lipinski definition) is 3. The molecule has 0 heterocycles. The van der Waals surface area contributed by atoms with Gasteiger partial charge in [-0.15, -0.1) is 0 Å². The summed E-state index contributed by atoms with van der Waals surface area (Å²) >= 11 is 0. The number of phosphoric acid groups is 1. The van der Waals surface area contributed by atoms with E-state index in [4.69, 9.17) is 19.2 Å². The Kier molecular flexibility index (Phi) is 43.5. The van der Waals surface area contributed by atoms with Crippen molar-refractivity contribution in [2.45, 2.75) is 142 Å². The maximum atomic E-state index is 8.88. The van der Waals surface area contributed by atoms with E-state index in [9.17, 15) is 0 Å². The van der Waals surface area contributed by atoms with E-state index in [1.54, 1.807) is 0 Å². The second-order valence-corrected chi connectivity index (χ2v) is 8.90. The summed E-state index contributed by atoms with van der Waals surface area (Å²) in [5, 5.41) is 0. The molecular weight excluding hydrogens is 449 g/mol. The van der Waals surface area contributed by atoms with Gasteiger partial charge in [0.05, 0.1) is 0 Å². The molecule has 0 aliphatic carbocycles. The SMILES string of the molecule is O=P(O)(O)O.[CH2-]CCCCCCCCCCC.[CH2-]CCCCCCCCCCC.[Zn+2]. The smallest absolute Gasteiger partial charge is 0.343 e. The largest absolute Gasteiger partial charge is 2.00 e. The van der Waals surface area contributed by atoms with Crippen LogP contribution in [-0.2, 0) is 24.0 Å². The van der Waals surface area contributed by atoms with Crippen molar-refractivity contribution in [1.82, 2.24) is 0 Å². The molecule has 180 valence electrons. The Morgan fingerprint density at radius 1 is 0.500 bits per heavy atom. The van der Waals surface area contributed by atoms with Crippen LogP contribution in [0.15, 0.2) is 0 Å². The van der Waals surface area contributed by atoms with Crippen LogP contribution >= 0.6 is 7.82 Å². The quantitative estimate of drug-likeness (QED) is 0.0760. The fourth-order valence-corrected chi connectivity index (χ4v) is 2.97. The zero-order chi connectivity index (χ0) is 22.6. The molecule has 4 nitrogen and oxygen atoms in total. The molecule has 0 aromatic carbocycles. The van der Waals surface area contributed by atoms with Gasteiger partial charge in [0.1, 0.15) is 0 Å². The summed E-state index contributed by atoms with van der Waals surface area (Å²) in [6.07, 6.45) is 27.8. The van der Waals surface area contributed by atoms with Crippen LogP contribution in [0.4, 0.5) is 0 Å². The van der Waals surface area contributed by atoms with Gasteiger partial charge in [-0.3, -0.25) is 0 Å². The molecular formula is C24H53O4PZn. The van der Waals surface area contributed by atoms with Crippen LogP contribution in [0.1, 0.15) is 142 Å². The Bertz CT molecular complexity index is 263. The van der Waals surface area contributed by atoms with Crippen molar-refractivity contribution in [1.29, 1.82) is 0 Å². The topological polar surface area (TPSA) is 77.8 Å². The third-order valence-electron chi connectivity index (χ3n) is 4.71. The minimum Gasteiger partial charge on any atom is -0.343 e. The average molecular weight is 502 g/mol. The molecule has 0 amide bonds. The molecule has 30 heavy (non-hydrogen) atoms. The minimum absolute atomic E-state index is 0. The molecule has 0 aromatic heterocycles. The van der Waals surface area contributed by atoms with Crippen LogP contribution < -0.4 is 0 Å². The van der Waals surface area contributed by atoms with Gasteiger partial charge in [0, 0.05) is 0 Å². The van der Waals surface area contributed by atoms with E-state index in [1.165, 1.54) is 116 Å². The Morgan fingerprint density at radius 2 is 0.667 bits per heavy atom. The number of rotatable bonds is 18. The molecule has 0 aliphatic rings. The van der Waals surface area contributed by atoms with E-state index in [-0.39, 0.29) is 19.5 Å². The average Bonchev–Trinajstić information content (AvgIpc) is 2.65. The Labute approximate surface area is 202 Å². The molecule has 3 N–H and O–H groups in total. The normalized spacial score (nSPS) is 10.4. The van der Waals surface area contributed by atoms with Crippen molar-refractivity contribution >= 4 is 7.82 Å². The van der Waals surface area contributed by atoms with Crippen LogP contribution in [0.2, 0.25) is 0 Å². The van der Waals surface area contributed by atoms with Crippen LogP contribution in [0.3, 0.4) is 0 Å². The zero-order valence-corrected chi connectivity index (χ0v) is 24.3. The molecule has 0 aliphatic heterocycles. The summed E-state index contributed by atoms with van der Waals surface area (Å²) in [6, 6.07) is 0. The fourth-order valence-electron chi connectivity index (χ4n) is 2.97. The van der Waals surface area contributed by atoms with Crippen molar-refractivity contribution in [3.8, 4) is 0 Å². The van der Waals surface area contributed by atoms with Gasteiger partial charge in [-0.25, -0.2) is 4.57 Å². The van der Waals surface area contributed by atoms with Crippen LogP contribution in [0.25, 0.3) is 0 Å². The first kappa shape index (κ1) is 38.0. The van der Waals surface area contributed by atoms with Gasteiger partial charge in [-0.05, 0) is 0 Å². The van der Waals surface area contributed by atoms with Gasteiger partial charge in [0.25, 0.3) is 0 Å². The van der Waals surface area contributed by atoms with Crippen molar-refractivity contribution in [2.24, 2.45) is 0 Å². The molecule has 0 radical (unpaired) electrons. The number of hydrogen-bond acceptors (Lipinski definition) is 1. The van der Waals surface area contributed by atoms with Gasteiger partial charge >= 0.3 is 27.3 Å². The van der Waals surface area contributed by atoms with E-state index in [0.717, 1.165) is 12.8 Å². The second-order valence-electron chi connectivity index (χ2n) is 7.88. The predicted molar refractivity (Wildman–Crippen MR) is 129 cm³/mol. The zero-order valence-electron chi connectivity index (χ0n) is 20.5. The van der Waals surface area contributed by atoms with E-state index in [2.05, 4.69) is 27.7 Å². The van der Waals surface area contributed by atoms with Gasteiger partial charge in [-0.2, -0.15) is 12.8 Å². The minimum atomic E-state index is -4.64. The predicted octanol–water partition coefficient (Wildman–Crippen LogP) is 8.55. The third kappa shape index (κ3) is 63.0. The third-order valence-corrected chi connectivity index (χ3v) is 4.71. The first-order valence-corrected chi connectivity index (χ1v) is 13.8. The summed E-state index contributed by atoms with van der Waals surface area (Å²) < 4.78 is 8.88. The van der Waals surface area contributed by atoms with Gasteiger partial charge in [0.2, 0.25) is 0 Å². The van der Waals surface area contributed by atoms with E-state index in [1.807, 2.05) is 0 Å². The van der Waals surface area contributed by atoms with Crippen molar-refractivity contribution in [2.75, 3.05) is 0 Å². The van der Waals surface area contributed by atoms with E-state index >= 15 is 0 Å². The summed E-state index contributed by atoms with van der Waals surface area (Å²) in [4.78, 5) is 21.6. The molecule has 0 fully saturated rings. The molecule has 0 saturated carbocycles. The molecule has 6 heteroatoms. The van der Waals surface area contributed by atoms with Crippen LogP contribution in [0.5, 0.6) is 0 Å². The van der Waals surface area contributed by atoms with Gasteiger partial charge in [-0.1, -0.05) is 129 Å². The molecule has 0 spiro atoms. The molecule has 0 saturated heterocycles. The fraction of sp³-hybridized carbons (Fsp3) is 0.917. The van der Waals surface area contributed by atoms with Gasteiger partial charge in [0.15, 0.2) is 0 Å². The van der Waals surface area contributed by atoms with Crippen molar-refractivity contribution in [3.05, 3.63) is 13.8 Å². The molecule has 0 atom stereocenters. The Balaban J connectivity index is -0.000000180. The molecule has 0 rings (SSSR count). The maximum Gasteiger partial charge on any atom is 2.00 e. The van der Waals surface area contributed by atoms with Crippen LogP contribution in [-0.4, -0.2) is 14.7 Å². The Morgan fingerprint density at radius 3 is 0.833 bits per heavy atom. The molecule has 0 unspecified atom stereocenters. The monoisotopic (exact) mass is 500 g/mol. The maximum absolute atomic E-state index is 8.88. The second kappa shape index (κ2) is 34.3. The summed E-state index contributed by atoms with van der Waals surface area (Å²) in [5.74, 6) is 0. The van der Waals surface area contributed by atoms with Crippen LogP contribution in [0, 0.1) is 13.8 Å². The standard InChI is InChI=1S/2C12H25.H3O4P.Zn/c2*1-3-5-7-9-11-12-10-8-6-4-2;1-5(2,3)4;/h2*1,3-12H2,2H3;(H3,1,2,3,4);/q2*-1;;+2. The number of unbranched alkanes of at least 4 members (excludes halogenated alkanes) is 18. The van der Waals surface area contributed by atoms with Crippen molar-refractivity contribution < 1.29 is 38.7 Å². The first-order chi connectivity index (χ1) is 13.8. The summed E-state index contributed by atoms with van der Waals surface area (Å²) in [5.41, 5.74) is 0.